The van der Waals surface area contributed by atoms with E-state index in [9.17, 15) is 20.1 Å². The number of hydrogen-bond donors (Lipinski definition) is 4. The molecular weight excluding hydrogens is 316 g/mol. The molecule has 0 saturated carbocycles. The first-order valence-corrected chi connectivity index (χ1v) is 7.45. The fraction of sp³-hybridized carbons (Fsp3) is 0.533. The number of carbonyl (C=O) groups excluding carboxylic acids is 1. The van der Waals surface area contributed by atoms with Crippen LogP contribution >= 0.6 is 0 Å². The van der Waals surface area contributed by atoms with Crippen LogP contribution in [0.3, 0.4) is 0 Å². The fourth-order valence-corrected chi connectivity index (χ4v) is 2.81. The molecule has 9 nitrogen and oxygen atoms in total. The van der Waals surface area contributed by atoms with Gasteiger partial charge in [0, 0.05) is 18.3 Å². The molecule has 0 aromatic heterocycles. The first kappa shape index (κ1) is 18.2. The van der Waals surface area contributed by atoms with Gasteiger partial charge in [0.05, 0.1) is 12.6 Å². The van der Waals surface area contributed by atoms with E-state index < -0.39 is 36.0 Å². The zero-order valence-corrected chi connectivity index (χ0v) is 13.1. The Balaban J connectivity index is 2.32. The lowest BCUT2D eigenvalue weighted by Crippen LogP contribution is -2.70. The van der Waals surface area contributed by atoms with Crippen molar-refractivity contribution >= 4 is 5.91 Å². The topological polar surface area (TPSA) is 148 Å². The molecule has 130 valence electrons. The number of benzene rings is 1. The van der Waals surface area contributed by atoms with Crippen LogP contribution in [-0.4, -0.2) is 57.9 Å². The van der Waals surface area contributed by atoms with Gasteiger partial charge in [-0.1, -0.05) is 35.4 Å². The first-order valence-electron chi connectivity index (χ1n) is 7.45. The standard InChI is InChI=1S/C15H20N4O5/c1-9(20)18-14-13(22)12(21)11(8-17-19-16)24-15(14,23)7-10-5-3-2-4-6-10/h2-6,11-14,21-23H,7-8H2,1H3,(H,18,20)/t11-,12-,13+,14-,15?/m1/s1. The van der Waals surface area contributed by atoms with Crippen LogP contribution in [0.25, 0.3) is 10.4 Å². The number of nitrogens with zero attached hydrogens (tertiary/aromatic N) is 3. The molecule has 1 aromatic rings. The van der Waals surface area contributed by atoms with E-state index in [4.69, 9.17) is 10.3 Å². The third-order valence-electron chi connectivity index (χ3n) is 3.90. The Morgan fingerprint density at radius 1 is 1.38 bits per heavy atom. The molecule has 0 radical (unpaired) electrons. The van der Waals surface area contributed by atoms with Crippen LogP contribution in [-0.2, 0) is 16.0 Å². The number of amides is 1. The van der Waals surface area contributed by atoms with Gasteiger partial charge in [-0.05, 0) is 11.1 Å². The van der Waals surface area contributed by atoms with Crippen molar-refractivity contribution in [1.29, 1.82) is 0 Å². The molecule has 0 bridgehead atoms. The summed E-state index contributed by atoms with van der Waals surface area (Å²) in [6, 6.07) is 7.63. The summed E-state index contributed by atoms with van der Waals surface area (Å²) in [6.07, 6.45) is -4.05. The maximum absolute atomic E-state index is 11.4. The van der Waals surface area contributed by atoms with Crippen molar-refractivity contribution in [2.24, 2.45) is 5.11 Å². The molecule has 0 aliphatic carbocycles. The summed E-state index contributed by atoms with van der Waals surface area (Å²) in [5.74, 6) is -2.46. The lowest BCUT2D eigenvalue weighted by atomic mass is 9.86. The van der Waals surface area contributed by atoms with Crippen LogP contribution in [0.1, 0.15) is 12.5 Å². The van der Waals surface area contributed by atoms with Gasteiger partial charge in [0.1, 0.15) is 18.2 Å². The van der Waals surface area contributed by atoms with Crippen molar-refractivity contribution in [1.82, 2.24) is 5.32 Å². The molecule has 1 unspecified atom stereocenters. The number of aliphatic hydroxyl groups excluding tert-OH is 2. The predicted molar refractivity (Wildman–Crippen MR) is 83.6 cm³/mol. The highest BCUT2D eigenvalue weighted by atomic mass is 16.6. The monoisotopic (exact) mass is 336 g/mol. The summed E-state index contributed by atoms with van der Waals surface area (Å²) in [7, 11) is 0. The summed E-state index contributed by atoms with van der Waals surface area (Å²) >= 11 is 0. The summed E-state index contributed by atoms with van der Waals surface area (Å²) < 4.78 is 5.54. The zero-order chi connectivity index (χ0) is 17.7. The van der Waals surface area contributed by atoms with Crippen LogP contribution in [0.15, 0.2) is 35.4 Å². The zero-order valence-electron chi connectivity index (χ0n) is 13.1. The maximum Gasteiger partial charge on any atom is 0.217 e. The van der Waals surface area contributed by atoms with E-state index in [1.807, 2.05) is 6.07 Å². The largest absolute Gasteiger partial charge is 0.388 e. The van der Waals surface area contributed by atoms with Crippen molar-refractivity contribution < 1.29 is 24.9 Å². The number of rotatable bonds is 5. The van der Waals surface area contributed by atoms with E-state index in [1.165, 1.54) is 6.92 Å². The number of aliphatic hydroxyl groups is 3. The molecule has 1 fully saturated rings. The summed E-state index contributed by atoms with van der Waals surface area (Å²) in [4.78, 5) is 14.0. The minimum absolute atomic E-state index is 0.0324. The fourth-order valence-electron chi connectivity index (χ4n) is 2.81. The molecule has 1 aliphatic rings. The third-order valence-corrected chi connectivity index (χ3v) is 3.90. The van der Waals surface area contributed by atoms with Crippen molar-refractivity contribution in [3.8, 4) is 0 Å². The molecule has 1 amide bonds. The Morgan fingerprint density at radius 3 is 2.62 bits per heavy atom. The van der Waals surface area contributed by atoms with Crippen LogP contribution < -0.4 is 5.32 Å². The molecule has 0 spiro atoms. The second-order valence-electron chi connectivity index (χ2n) is 5.74. The van der Waals surface area contributed by atoms with Gasteiger partial charge in [-0.2, -0.15) is 0 Å². The van der Waals surface area contributed by atoms with Gasteiger partial charge in [0.25, 0.3) is 0 Å². The molecule has 1 heterocycles. The van der Waals surface area contributed by atoms with Crippen molar-refractivity contribution in [2.75, 3.05) is 6.54 Å². The molecule has 1 aliphatic heterocycles. The average Bonchev–Trinajstić information content (AvgIpc) is 2.54. The summed E-state index contributed by atoms with van der Waals surface area (Å²) in [6.45, 7) is 0.965. The molecule has 4 N–H and O–H groups in total. The van der Waals surface area contributed by atoms with Crippen molar-refractivity contribution in [3.63, 3.8) is 0 Å². The molecule has 1 aromatic carbocycles. The minimum atomic E-state index is -1.97. The van der Waals surface area contributed by atoms with Gasteiger partial charge in [-0.3, -0.25) is 4.79 Å². The van der Waals surface area contributed by atoms with Crippen molar-refractivity contribution in [3.05, 3.63) is 46.3 Å². The second-order valence-corrected chi connectivity index (χ2v) is 5.74. The average molecular weight is 336 g/mol. The Morgan fingerprint density at radius 2 is 2.04 bits per heavy atom. The molecule has 5 atom stereocenters. The quantitative estimate of drug-likeness (QED) is 0.335. The highest BCUT2D eigenvalue weighted by Crippen LogP contribution is 2.31. The van der Waals surface area contributed by atoms with Gasteiger partial charge in [-0.25, -0.2) is 0 Å². The molecule has 1 saturated heterocycles. The van der Waals surface area contributed by atoms with Gasteiger partial charge >= 0.3 is 0 Å². The smallest absolute Gasteiger partial charge is 0.217 e. The van der Waals surface area contributed by atoms with Crippen LogP contribution in [0, 0.1) is 0 Å². The lowest BCUT2D eigenvalue weighted by molar-refractivity contribution is -0.310. The van der Waals surface area contributed by atoms with E-state index in [0.29, 0.717) is 5.56 Å². The Bertz CT molecular complexity index is 622. The Labute approximate surface area is 138 Å². The lowest BCUT2D eigenvalue weighted by Gasteiger charge is -2.48. The van der Waals surface area contributed by atoms with Gasteiger partial charge in [0.2, 0.25) is 5.91 Å². The number of hydrogen-bond acceptors (Lipinski definition) is 6. The van der Waals surface area contributed by atoms with Crippen LogP contribution in [0.2, 0.25) is 0 Å². The highest BCUT2D eigenvalue weighted by Gasteiger charge is 2.53. The van der Waals surface area contributed by atoms with Crippen LogP contribution in [0.4, 0.5) is 0 Å². The summed E-state index contributed by atoms with van der Waals surface area (Å²) in [5, 5.41) is 37.2. The van der Waals surface area contributed by atoms with Gasteiger partial charge < -0.3 is 25.4 Å². The summed E-state index contributed by atoms with van der Waals surface area (Å²) in [5.41, 5.74) is 9.13. The molecule has 9 heteroatoms. The highest BCUT2D eigenvalue weighted by molar-refractivity contribution is 5.73. The second kappa shape index (κ2) is 7.61. The number of nitrogens with one attached hydrogen (secondary N) is 1. The number of carbonyl (C=O) groups is 1. The Kier molecular flexibility index (Phi) is 5.76. The SMILES string of the molecule is CC(=O)N[C@@H]1[C@@H](O)[C@H](O)[C@@H](CN=[N+]=[N-])OC1(O)Cc1ccccc1. The Hall–Kier alpha value is -2.16. The maximum atomic E-state index is 11.4. The van der Waals surface area contributed by atoms with E-state index in [-0.39, 0.29) is 13.0 Å². The van der Waals surface area contributed by atoms with E-state index in [1.54, 1.807) is 24.3 Å². The third kappa shape index (κ3) is 4.02. The number of ether oxygens (including phenoxy) is 1. The van der Waals surface area contributed by atoms with Gasteiger partial charge in [0.15, 0.2) is 5.79 Å². The number of azide groups is 1. The molecular formula is C15H20N4O5. The van der Waals surface area contributed by atoms with E-state index in [0.717, 1.165) is 0 Å². The minimum Gasteiger partial charge on any atom is -0.388 e. The predicted octanol–water partition coefficient (Wildman–Crippen LogP) is -0.147. The van der Waals surface area contributed by atoms with Crippen molar-refractivity contribution in [2.45, 2.75) is 43.5 Å². The normalized spacial score (nSPS) is 32.7. The van der Waals surface area contributed by atoms with Gasteiger partial charge in [-0.15, -0.1) is 0 Å². The molecule has 24 heavy (non-hydrogen) atoms. The van der Waals surface area contributed by atoms with Crippen LogP contribution in [0.5, 0.6) is 0 Å². The first-order chi connectivity index (χ1) is 11.4. The van der Waals surface area contributed by atoms with E-state index in [2.05, 4.69) is 15.3 Å². The van der Waals surface area contributed by atoms with E-state index >= 15 is 0 Å². The molecule has 2 rings (SSSR count).